The Morgan fingerprint density at radius 2 is 2.25 bits per heavy atom. The fourth-order valence-corrected chi connectivity index (χ4v) is 1.84. The van der Waals surface area contributed by atoms with Crippen LogP contribution in [0.4, 0.5) is 4.39 Å². The van der Waals surface area contributed by atoms with Crippen molar-refractivity contribution in [1.29, 1.82) is 0 Å². The molecule has 0 saturated heterocycles. The molecule has 0 bridgehead atoms. The second-order valence-electron chi connectivity index (χ2n) is 4.66. The summed E-state index contributed by atoms with van der Waals surface area (Å²) in [6.45, 7) is 2.34. The van der Waals surface area contributed by atoms with Gasteiger partial charge in [-0.05, 0) is 25.5 Å². The van der Waals surface area contributed by atoms with Crippen LogP contribution in [0.5, 0.6) is 0 Å². The van der Waals surface area contributed by atoms with Crippen LogP contribution in [0, 0.1) is 5.82 Å². The maximum atomic E-state index is 13.8. The second-order valence-corrected chi connectivity index (χ2v) is 4.66. The van der Waals surface area contributed by atoms with Gasteiger partial charge in [0.2, 0.25) is 0 Å². The molecule has 2 rings (SSSR count). The number of H-pyrrole nitrogens is 1. The molecule has 1 atom stereocenters. The van der Waals surface area contributed by atoms with Crippen LogP contribution in [-0.4, -0.2) is 28.7 Å². The Morgan fingerprint density at radius 3 is 2.95 bits per heavy atom. The molecule has 0 aliphatic carbocycles. The summed E-state index contributed by atoms with van der Waals surface area (Å²) in [6.07, 6.45) is 2.07. The number of nitrogens with one attached hydrogen (secondary N) is 2. The summed E-state index contributed by atoms with van der Waals surface area (Å²) in [4.78, 5) is 12.1. The van der Waals surface area contributed by atoms with E-state index in [-0.39, 0.29) is 11.9 Å². The number of aromatic nitrogens is 2. The van der Waals surface area contributed by atoms with Crippen LogP contribution in [0.2, 0.25) is 0 Å². The van der Waals surface area contributed by atoms with Crippen LogP contribution in [0.25, 0.3) is 11.3 Å². The minimum absolute atomic E-state index is 0.0192. The van der Waals surface area contributed by atoms with Gasteiger partial charge in [-0.3, -0.25) is 9.89 Å². The topological polar surface area (TPSA) is 83.8 Å². The van der Waals surface area contributed by atoms with Crippen molar-refractivity contribution in [3.05, 3.63) is 41.8 Å². The van der Waals surface area contributed by atoms with Gasteiger partial charge in [-0.1, -0.05) is 12.1 Å². The third-order valence-electron chi connectivity index (χ3n) is 2.91. The number of benzene rings is 1. The molecule has 1 heterocycles. The first-order valence-electron chi connectivity index (χ1n) is 6.41. The summed E-state index contributed by atoms with van der Waals surface area (Å²) in [7, 11) is 0. The summed E-state index contributed by atoms with van der Waals surface area (Å²) in [6, 6.07) is 6.26. The highest BCUT2D eigenvalue weighted by Gasteiger charge is 2.17. The third-order valence-corrected chi connectivity index (χ3v) is 2.91. The zero-order chi connectivity index (χ0) is 14.5. The van der Waals surface area contributed by atoms with E-state index in [1.807, 2.05) is 6.92 Å². The minimum atomic E-state index is -0.401. The average Bonchev–Trinajstić information content (AvgIpc) is 2.87. The molecular formula is C14H17FN4O. The monoisotopic (exact) mass is 276 g/mol. The Hall–Kier alpha value is -2.21. The van der Waals surface area contributed by atoms with Crippen molar-refractivity contribution in [2.45, 2.75) is 19.4 Å². The molecule has 0 aliphatic heterocycles. The number of carbonyl (C=O) groups is 1. The lowest BCUT2D eigenvalue weighted by molar-refractivity contribution is 0.0953. The SMILES string of the molecule is CC(N)CCNC(=O)c1cn[nH]c1-c1ccccc1F. The lowest BCUT2D eigenvalue weighted by atomic mass is 10.1. The highest BCUT2D eigenvalue weighted by molar-refractivity contribution is 5.99. The number of hydrogen-bond acceptors (Lipinski definition) is 3. The van der Waals surface area contributed by atoms with Crippen molar-refractivity contribution in [3.8, 4) is 11.3 Å². The molecule has 0 saturated carbocycles. The van der Waals surface area contributed by atoms with E-state index in [2.05, 4.69) is 15.5 Å². The van der Waals surface area contributed by atoms with E-state index >= 15 is 0 Å². The van der Waals surface area contributed by atoms with Gasteiger partial charge in [-0.15, -0.1) is 0 Å². The number of carbonyl (C=O) groups excluding carboxylic acids is 1. The predicted octanol–water partition coefficient (Wildman–Crippen LogP) is 1.68. The van der Waals surface area contributed by atoms with E-state index in [9.17, 15) is 9.18 Å². The van der Waals surface area contributed by atoms with E-state index in [4.69, 9.17) is 5.73 Å². The zero-order valence-corrected chi connectivity index (χ0v) is 11.2. The zero-order valence-electron chi connectivity index (χ0n) is 11.2. The summed E-state index contributed by atoms with van der Waals surface area (Å²) in [5, 5.41) is 9.24. The molecule has 6 heteroatoms. The third kappa shape index (κ3) is 3.21. The average molecular weight is 276 g/mol. The van der Waals surface area contributed by atoms with Crippen LogP contribution in [0.1, 0.15) is 23.7 Å². The first-order chi connectivity index (χ1) is 9.59. The number of halogens is 1. The van der Waals surface area contributed by atoms with Gasteiger partial charge >= 0.3 is 0 Å². The van der Waals surface area contributed by atoms with E-state index < -0.39 is 5.82 Å². The molecule has 1 aromatic heterocycles. The number of amides is 1. The van der Waals surface area contributed by atoms with Gasteiger partial charge in [0, 0.05) is 18.2 Å². The van der Waals surface area contributed by atoms with E-state index in [0.29, 0.717) is 29.8 Å². The number of rotatable bonds is 5. The quantitative estimate of drug-likeness (QED) is 0.777. The molecule has 0 spiro atoms. The first-order valence-corrected chi connectivity index (χ1v) is 6.41. The van der Waals surface area contributed by atoms with Gasteiger partial charge in [0.05, 0.1) is 17.5 Å². The van der Waals surface area contributed by atoms with Crippen molar-refractivity contribution >= 4 is 5.91 Å². The Bertz CT molecular complexity index is 594. The highest BCUT2D eigenvalue weighted by atomic mass is 19.1. The molecule has 4 N–H and O–H groups in total. The van der Waals surface area contributed by atoms with Crippen LogP contribution >= 0.6 is 0 Å². The van der Waals surface area contributed by atoms with Crippen molar-refractivity contribution in [2.75, 3.05) is 6.54 Å². The van der Waals surface area contributed by atoms with E-state index in [1.165, 1.54) is 12.3 Å². The smallest absolute Gasteiger partial charge is 0.255 e. The first kappa shape index (κ1) is 14.2. The van der Waals surface area contributed by atoms with Gasteiger partial charge < -0.3 is 11.1 Å². The number of hydrogen-bond donors (Lipinski definition) is 3. The van der Waals surface area contributed by atoms with Gasteiger partial charge in [0.1, 0.15) is 5.82 Å². The Balaban J connectivity index is 2.17. The Kier molecular flexibility index (Phi) is 4.47. The van der Waals surface area contributed by atoms with Gasteiger partial charge in [0.15, 0.2) is 0 Å². The standard InChI is InChI=1S/C14H17FN4O/c1-9(16)6-7-17-14(20)11-8-18-19-13(11)10-4-2-3-5-12(10)15/h2-5,8-9H,6-7,16H2,1H3,(H,17,20)(H,18,19). The molecule has 0 fully saturated rings. The largest absolute Gasteiger partial charge is 0.352 e. The molecule has 20 heavy (non-hydrogen) atoms. The van der Waals surface area contributed by atoms with Crippen LogP contribution in [0.3, 0.4) is 0 Å². The van der Waals surface area contributed by atoms with Crippen LogP contribution < -0.4 is 11.1 Å². The number of aromatic amines is 1. The number of nitrogens with two attached hydrogens (primary N) is 1. The fourth-order valence-electron chi connectivity index (χ4n) is 1.84. The molecule has 0 radical (unpaired) electrons. The molecule has 1 amide bonds. The van der Waals surface area contributed by atoms with Crippen molar-refractivity contribution < 1.29 is 9.18 Å². The highest BCUT2D eigenvalue weighted by Crippen LogP contribution is 2.23. The molecule has 1 unspecified atom stereocenters. The molecule has 2 aromatic rings. The van der Waals surface area contributed by atoms with Crippen LogP contribution in [0.15, 0.2) is 30.5 Å². The summed E-state index contributed by atoms with van der Waals surface area (Å²) >= 11 is 0. The maximum Gasteiger partial charge on any atom is 0.255 e. The van der Waals surface area contributed by atoms with Crippen molar-refractivity contribution in [3.63, 3.8) is 0 Å². The molecule has 0 aliphatic rings. The van der Waals surface area contributed by atoms with E-state index in [0.717, 1.165) is 0 Å². The summed E-state index contributed by atoms with van der Waals surface area (Å²) in [5.74, 6) is -0.695. The van der Waals surface area contributed by atoms with Crippen molar-refractivity contribution in [2.24, 2.45) is 5.73 Å². The lowest BCUT2D eigenvalue weighted by Gasteiger charge is -2.08. The fraction of sp³-hybridized carbons (Fsp3) is 0.286. The van der Waals surface area contributed by atoms with Crippen molar-refractivity contribution in [1.82, 2.24) is 15.5 Å². The number of nitrogens with zero attached hydrogens (tertiary/aromatic N) is 1. The molecule has 106 valence electrons. The molecule has 1 aromatic carbocycles. The maximum absolute atomic E-state index is 13.8. The summed E-state index contributed by atoms with van der Waals surface area (Å²) < 4.78 is 13.8. The predicted molar refractivity (Wildman–Crippen MR) is 74.6 cm³/mol. The molecule has 5 nitrogen and oxygen atoms in total. The van der Waals surface area contributed by atoms with Gasteiger partial charge in [-0.2, -0.15) is 5.10 Å². The van der Waals surface area contributed by atoms with Crippen LogP contribution in [-0.2, 0) is 0 Å². The Labute approximate surface area is 116 Å². The minimum Gasteiger partial charge on any atom is -0.352 e. The van der Waals surface area contributed by atoms with Gasteiger partial charge in [0.25, 0.3) is 5.91 Å². The lowest BCUT2D eigenvalue weighted by Crippen LogP contribution is -2.29. The summed E-state index contributed by atoms with van der Waals surface area (Å²) in [5.41, 5.74) is 6.64. The second kappa shape index (κ2) is 6.29. The normalized spacial score (nSPS) is 12.2. The van der Waals surface area contributed by atoms with Gasteiger partial charge in [-0.25, -0.2) is 4.39 Å². The van der Waals surface area contributed by atoms with E-state index in [1.54, 1.807) is 18.2 Å². The molecular weight excluding hydrogens is 259 g/mol. The Morgan fingerprint density at radius 1 is 1.50 bits per heavy atom.